The van der Waals surface area contributed by atoms with Crippen molar-refractivity contribution in [3.05, 3.63) is 52.8 Å². The molecule has 1 aromatic carbocycles. The first kappa shape index (κ1) is 16.5. The second-order valence-electron chi connectivity index (χ2n) is 7.66. The summed E-state index contributed by atoms with van der Waals surface area (Å²) in [5, 5.41) is 0. The minimum absolute atomic E-state index is 0.00507. The van der Waals surface area contributed by atoms with Crippen molar-refractivity contribution in [2.75, 3.05) is 38.7 Å². The number of nitrogens with zero attached hydrogens (tertiary/aromatic N) is 4. The molecule has 25 heavy (non-hydrogen) atoms. The van der Waals surface area contributed by atoms with E-state index in [1.165, 1.54) is 16.8 Å². The summed E-state index contributed by atoms with van der Waals surface area (Å²) in [6, 6.07) is 8.80. The lowest BCUT2D eigenvalue weighted by molar-refractivity contribution is 0.0503. The van der Waals surface area contributed by atoms with Gasteiger partial charge in [-0.1, -0.05) is 29.8 Å². The molecule has 0 bridgehead atoms. The smallest absolute Gasteiger partial charge is 0.225 e. The van der Waals surface area contributed by atoms with Crippen LogP contribution in [0.25, 0.3) is 0 Å². The Morgan fingerprint density at radius 2 is 2.20 bits per heavy atom. The minimum atomic E-state index is 0.00507. The zero-order valence-corrected chi connectivity index (χ0v) is 15.3. The van der Waals surface area contributed by atoms with Crippen molar-refractivity contribution in [3.63, 3.8) is 0 Å². The highest BCUT2D eigenvalue weighted by Gasteiger charge is 2.44. The van der Waals surface area contributed by atoms with E-state index in [0.29, 0.717) is 6.61 Å². The molecule has 5 nitrogen and oxygen atoms in total. The van der Waals surface area contributed by atoms with E-state index < -0.39 is 0 Å². The SMILES string of the molecule is Cc1cccc(CN2CC[C@]3(COCc4cnc(N(C)C)nc43)C2)c1. The van der Waals surface area contributed by atoms with Gasteiger partial charge in [0.2, 0.25) is 5.95 Å². The zero-order valence-electron chi connectivity index (χ0n) is 15.3. The quantitative estimate of drug-likeness (QED) is 0.860. The van der Waals surface area contributed by atoms with Crippen LogP contribution in [0.1, 0.15) is 28.8 Å². The Kier molecular flexibility index (Phi) is 4.21. The second kappa shape index (κ2) is 6.39. The van der Waals surface area contributed by atoms with Gasteiger partial charge in [0.05, 0.1) is 24.3 Å². The fourth-order valence-corrected chi connectivity index (χ4v) is 4.08. The van der Waals surface area contributed by atoms with E-state index in [4.69, 9.17) is 9.72 Å². The third-order valence-electron chi connectivity index (χ3n) is 5.31. The topological polar surface area (TPSA) is 41.5 Å². The number of hydrogen-bond acceptors (Lipinski definition) is 5. The van der Waals surface area contributed by atoms with Gasteiger partial charge in [-0.3, -0.25) is 4.90 Å². The molecule has 0 unspecified atom stereocenters. The monoisotopic (exact) mass is 338 g/mol. The first-order chi connectivity index (χ1) is 12.1. The van der Waals surface area contributed by atoms with Crippen molar-refractivity contribution >= 4 is 5.95 Å². The van der Waals surface area contributed by atoms with Crippen molar-refractivity contribution < 1.29 is 4.74 Å². The van der Waals surface area contributed by atoms with E-state index >= 15 is 0 Å². The molecule has 0 aliphatic carbocycles. The van der Waals surface area contributed by atoms with Crippen molar-refractivity contribution in [2.45, 2.75) is 31.9 Å². The van der Waals surface area contributed by atoms with Crippen molar-refractivity contribution in [1.29, 1.82) is 0 Å². The standard InChI is InChI=1S/C20H26N4O/c1-15-5-4-6-16(9-15)11-24-8-7-20(13-24)14-25-12-17-10-21-19(23(2)3)22-18(17)20/h4-6,9-10H,7-8,11-14H2,1-3H3/t20-/m1/s1. The Morgan fingerprint density at radius 1 is 1.32 bits per heavy atom. The van der Waals surface area contributed by atoms with Gasteiger partial charge in [-0.25, -0.2) is 9.97 Å². The molecule has 1 saturated heterocycles. The van der Waals surface area contributed by atoms with Crippen molar-refractivity contribution in [2.24, 2.45) is 0 Å². The summed E-state index contributed by atoms with van der Waals surface area (Å²) in [6.07, 6.45) is 3.04. The minimum Gasteiger partial charge on any atom is -0.376 e. The number of ether oxygens (including phenoxy) is 1. The van der Waals surface area contributed by atoms with Gasteiger partial charge in [-0.15, -0.1) is 0 Å². The van der Waals surface area contributed by atoms with Crippen LogP contribution in [0.3, 0.4) is 0 Å². The highest BCUT2D eigenvalue weighted by atomic mass is 16.5. The number of anilines is 1. The lowest BCUT2D eigenvalue weighted by Gasteiger charge is -2.34. The first-order valence-corrected chi connectivity index (χ1v) is 8.95. The molecule has 2 aromatic rings. The maximum atomic E-state index is 5.93. The van der Waals surface area contributed by atoms with Crippen LogP contribution in [-0.4, -0.2) is 48.7 Å². The van der Waals surface area contributed by atoms with Gasteiger partial charge < -0.3 is 9.64 Å². The van der Waals surface area contributed by atoms with Crippen LogP contribution in [-0.2, 0) is 23.3 Å². The Morgan fingerprint density at radius 3 is 3.00 bits per heavy atom. The van der Waals surface area contributed by atoms with Gasteiger partial charge in [-0.05, 0) is 25.5 Å². The summed E-state index contributed by atoms with van der Waals surface area (Å²) in [4.78, 5) is 13.9. The van der Waals surface area contributed by atoms with Gasteiger partial charge in [0.15, 0.2) is 0 Å². The maximum Gasteiger partial charge on any atom is 0.225 e. The number of aryl methyl sites for hydroxylation is 1. The molecular weight excluding hydrogens is 312 g/mol. The molecule has 1 atom stereocenters. The van der Waals surface area contributed by atoms with Gasteiger partial charge in [0.25, 0.3) is 0 Å². The highest BCUT2D eigenvalue weighted by Crippen LogP contribution is 2.39. The number of benzene rings is 1. The lowest BCUT2D eigenvalue weighted by atomic mass is 9.80. The second-order valence-corrected chi connectivity index (χ2v) is 7.66. The fraction of sp³-hybridized carbons (Fsp3) is 0.500. The van der Waals surface area contributed by atoms with Crippen LogP contribution in [0, 0.1) is 6.92 Å². The molecular formula is C20H26N4O. The van der Waals surface area contributed by atoms with Crippen LogP contribution < -0.4 is 4.90 Å². The van der Waals surface area contributed by atoms with E-state index in [-0.39, 0.29) is 5.41 Å². The number of likely N-dealkylation sites (tertiary alicyclic amines) is 1. The van der Waals surface area contributed by atoms with Crippen molar-refractivity contribution in [3.8, 4) is 0 Å². The fourth-order valence-electron chi connectivity index (χ4n) is 4.08. The average Bonchev–Trinajstić information content (AvgIpc) is 2.98. The average molecular weight is 338 g/mol. The summed E-state index contributed by atoms with van der Waals surface area (Å²) in [5.74, 6) is 0.789. The molecule has 0 saturated carbocycles. The van der Waals surface area contributed by atoms with E-state index in [1.807, 2.05) is 25.2 Å². The molecule has 3 heterocycles. The predicted molar refractivity (Wildman–Crippen MR) is 98.8 cm³/mol. The lowest BCUT2D eigenvalue weighted by Crippen LogP contribution is -2.40. The number of rotatable bonds is 3. The molecule has 132 valence electrons. The number of hydrogen-bond donors (Lipinski definition) is 0. The summed E-state index contributed by atoms with van der Waals surface area (Å²) in [6.45, 7) is 6.61. The summed E-state index contributed by atoms with van der Waals surface area (Å²) in [7, 11) is 3.98. The molecule has 2 aliphatic rings. The first-order valence-electron chi connectivity index (χ1n) is 8.95. The molecule has 0 radical (unpaired) electrons. The van der Waals surface area contributed by atoms with Gasteiger partial charge in [0.1, 0.15) is 0 Å². The zero-order chi connectivity index (χ0) is 17.4. The molecule has 4 rings (SSSR count). The van der Waals surface area contributed by atoms with Crippen LogP contribution in [0.15, 0.2) is 30.5 Å². The van der Waals surface area contributed by atoms with Crippen molar-refractivity contribution in [1.82, 2.24) is 14.9 Å². The molecule has 0 N–H and O–H groups in total. The Balaban J connectivity index is 1.59. The molecule has 2 aliphatic heterocycles. The third-order valence-corrected chi connectivity index (χ3v) is 5.31. The Bertz CT molecular complexity index is 776. The van der Waals surface area contributed by atoms with Crippen LogP contribution in [0.2, 0.25) is 0 Å². The van der Waals surface area contributed by atoms with E-state index in [0.717, 1.165) is 44.2 Å². The van der Waals surface area contributed by atoms with Gasteiger partial charge in [-0.2, -0.15) is 0 Å². The highest BCUT2D eigenvalue weighted by molar-refractivity contribution is 5.37. The molecule has 0 amide bonds. The number of aromatic nitrogens is 2. The summed E-state index contributed by atoms with van der Waals surface area (Å²) >= 11 is 0. The van der Waals surface area contributed by atoms with E-state index in [2.05, 4.69) is 41.1 Å². The molecule has 1 fully saturated rings. The third kappa shape index (κ3) is 3.14. The summed E-state index contributed by atoms with van der Waals surface area (Å²) < 4.78 is 5.93. The van der Waals surface area contributed by atoms with Gasteiger partial charge in [0, 0.05) is 38.9 Å². The maximum absolute atomic E-state index is 5.93. The Labute approximate surface area is 149 Å². The number of fused-ring (bicyclic) bond motifs is 2. The molecule has 5 heteroatoms. The molecule has 1 spiro atoms. The largest absolute Gasteiger partial charge is 0.376 e. The van der Waals surface area contributed by atoms with E-state index in [1.54, 1.807) is 0 Å². The van der Waals surface area contributed by atoms with Crippen LogP contribution in [0.4, 0.5) is 5.95 Å². The molecule has 1 aromatic heterocycles. The van der Waals surface area contributed by atoms with Crippen LogP contribution in [0.5, 0.6) is 0 Å². The Hall–Kier alpha value is -1.98. The summed E-state index contributed by atoms with van der Waals surface area (Å²) in [5.41, 5.74) is 5.05. The normalized spacial score (nSPS) is 23.0. The van der Waals surface area contributed by atoms with Gasteiger partial charge >= 0.3 is 0 Å². The predicted octanol–water partition coefficient (Wildman–Crippen LogP) is 2.52. The van der Waals surface area contributed by atoms with Crippen LogP contribution >= 0.6 is 0 Å². The van der Waals surface area contributed by atoms with E-state index in [9.17, 15) is 0 Å².